The molecule has 2 aliphatic heterocycles. The molecule has 1 fully saturated rings. The van der Waals surface area contributed by atoms with E-state index in [1.165, 1.54) is 0 Å². The molecule has 1 saturated heterocycles. The number of hydrogen-bond donors (Lipinski definition) is 0. The van der Waals surface area contributed by atoms with Gasteiger partial charge in [-0.15, -0.1) is 0 Å². The van der Waals surface area contributed by atoms with Crippen molar-refractivity contribution in [1.82, 2.24) is 4.90 Å². The summed E-state index contributed by atoms with van der Waals surface area (Å²) < 4.78 is 0. The fourth-order valence-corrected chi connectivity index (χ4v) is 4.02. The molecule has 0 amide bonds. The zero-order valence-corrected chi connectivity index (χ0v) is 13.7. The van der Waals surface area contributed by atoms with Crippen molar-refractivity contribution in [2.24, 2.45) is 11.8 Å². The highest BCUT2D eigenvalue weighted by Gasteiger charge is 2.38. The summed E-state index contributed by atoms with van der Waals surface area (Å²) in [6.45, 7) is 6.04. The summed E-state index contributed by atoms with van der Waals surface area (Å²) in [6.07, 6.45) is 3.80. The fraction of sp³-hybridized carbons (Fsp3) is 0.526. The van der Waals surface area contributed by atoms with Gasteiger partial charge in [0.1, 0.15) is 5.78 Å². The lowest BCUT2D eigenvalue weighted by Crippen LogP contribution is -2.46. The van der Waals surface area contributed by atoms with Gasteiger partial charge >= 0.3 is 0 Å². The SMILES string of the molecule is CC(C)CC1CN2CCc3cc(C=O)c(C=O)cc3C2CC1=O. The maximum Gasteiger partial charge on any atom is 0.150 e. The zero-order valence-electron chi connectivity index (χ0n) is 13.7. The number of hydrogen-bond acceptors (Lipinski definition) is 4. The van der Waals surface area contributed by atoms with E-state index in [1.54, 1.807) is 0 Å². The molecule has 1 aromatic carbocycles. The molecule has 0 radical (unpaired) electrons. The van der Waals surface area contributed by atoms with E-state index in [-0.39, 0.29) is 12.0 Å². The highest BCUT2D eigenvalue weighted by molar-refractivity contribution is 5.91. The van der Waals surface area contributed by atoms with Crippen LogP contribution >= 0.6 is 0 Å². The molecule has 4 heteroatoms. The number of piperidine rings is 1. The lowest BCUT2D eigenvalue weighted by molar-refractivity contribution is -0.129. The first-order valence-electron chi connectivity index (χ1n) is 8.37. The Morgan fingerprint density at radius 2 is 1.91 bits per heavy atom. The first-order chi connectivity index (χ1) is 11.0. The van der Waals surface area contributed by atoms with Crippen molar-refractivity contribution in [1.29, 1.82) is 0 Å². The maximum absolute atomic E-state index is 12.5. The fourth-order valence-electron chi connectivity index (χ4n) is 4.02. The standard InChI is InChI=1S/C19H23NO3/c1-12(2)5-14-9-20-4-3-13-6-15(10-21)16(11-22)7-17(13)18(20)8-19(14)23/h6-7,10-12,14,18H,3-5,8-9H2,1-2H3. The van der Waals surface area contributed by atoms with Crippen LogP contribution in [0.1, 0.15) is 64.6 Å². The van der Waals surface area contributed by atoms with Crippen LogP contribution in [0.4, 0.5) is 0 Å². The van der Waals surface area contributed by atoms with Crippen molar-refractivity contribution in [2.75, 3.05) is 13.1 Å². The summed E-state index contributed by atoms with van der Waals surface area (Å²) in [5.41, 5.74) is 3.04. The van der Waals surface area contributed by atoms with Gasteiger partial charge < -0.3 is 0 Å². The lowest BCUT2D eigenvalue weighted by atomic mass is 9.79. The summed E-state index contributed by atoms with van der Waals surface area (Å²) in [7, 11) is 0. The second kappa shape index (κ2) is 6.36. The van der Waals surface area contributed by atoms with Crippen LogP contribution in [-0.2, 0) is 11.2 Å². The van der Waals surface area contributed by atoms with E-state index in [0.29, 0.717) is 29.2 Å². The van der Waals surface area contributed by atoms with Crippen molar-refractivity contribution >= 4 is 18.4 Å². The van der Waals surface area contributed by atoms with E-state index in [9.17, 15) is 14.4 Å². The van der Waals surface area contributed by atoms with Crippen LogP contribution in [0.15, 0.2) is 12.1 Å². The van der Waals surface area contributed by atoms with Gasteiger partial charge in [-0.3, -0.25) is 19.3 Å². The van der Waals surface area contributed by atoms with Crippen LogP contribution in [0, 0.1) is 11.8 Å². The monoisotopic (exact) mass is 313 g/mol. The average Bonchev–Trinajstić information content (AvgIpc) is 2.53. The van der Waals surface area contributed by atoms with Gasteiger partial charge in [-0.1, -0.05) is 13.8 Å². The Labute approximate surface area is 136 Å². The molecule has 2 heterocycles. The Hall–Kier alpha value is -1.81. The smallest absolute Gasteiger partial charge is 0.150 e. The Kier molecular flexibility index (Phi) is 4.44. The number of carbonyl (C=O) groups is 3. The van der Waals surface area contributed by atoms with E-state index in [1.807, 2.05) is 12.1 Å². The second-order valence-electron chi connectivity index (χ2n) is 7.17. The third-order valence-electron chi connectivity index (χ3n) is 5.13. The summed E-state index contributed by atoms with van der Waals surface area (Å²) >= 11 is 0. The number of Topliss-reactive ketones (excluding diaryl/α,β-unsaturated/α-hetero) is 1. The quantitative estimate of drug-likeness (QED) is 0.802. The molecule has 23 heavy (non-hydrogen) atoms. The van der Waals surface area contributed by atoms with Gasteiger partial charge in [0.2, 0.25) is 0 Å². The number of fused-ring (bicyclic) bond motifs is 3. The summed E-state index contributed by atoms with van der Waals surface area (Å²) in [5.74, 6) is 0.988. The van der Waals surface area contributed by atoms with Crippen molar-refractivity contribution in [2.45, 2.75) is 39.2 Å². The molecule has 2 aliphatic rings. The minimum Gasteiger partial charge on any atom is -0.299 e. The van der Waals surface area contributed by atoms with Crippen molar-refractivity contribution in [3.05, 3.63) is 34.4 Å². The number of rotatable bonds is 4. The number of nitrogens with zero attached hydrogens (tertiary/aromatic N) is 1. The summed E-state index contributed by atoms with van der Waals surface area (Å²) in [4.78, 5) is 37.3. The third-order valence-corrected chi connectivity index (χ3v) is 5.13. The molecule has 0 aromatic heterocycles. The van der Waals surface area contributed by atoms with Crippen LogP contribution in [0.25, 0.3) is 0 Å². The van der Waals surface area contributed by atoms with Crippen LogP contribution in [-0.4, -0.2) is 36.3 Å². The van der Waals surface area contributed by atoms with E-state index < -0.39 is 0 Å². The highest BCUT2D eigenvalue weighted by Crippen LogP contribution is 2.39. The van der Waals surface area contributed by atoms with E-state index in [4.69, 9.17) is 0 Å². The Morgan fingerprint density at radius 1 is 1.22 bits per heavy atom. The molecule has 1 aromatic rings. The van der Waals surface area contributed by atoms with Gasteiger partial charge in [-0.25, -0.2) is 0 Å². The molecule has 4 nitrogen and oxygen atoms in total. The van der Waals surface area contributed by atoms with Gasteiger partial charge in [0.05, 0.1) is 0 Å². The number of benzene rings is 1. The van der Waals surface area contributed by atoms with Crippen molar-refractivity contribution in [3.8, 4) is 0 Å². The molecule has 3 rings (SSSR count). The predicted octanol–water partition coefficient (Wildman–Crippen LogP) is 2.85. The molecular formula is C19H23NO3. The molecule has 0 N–H and O–H groups in total. The van der Waals surface area contributed by atoms with E-state index >= 15 is 0 Å². The van der Waals surface area contributed by atoms with Crippen LogP contribution in [0.3, 0.4) is 0 Å². The molecule has 122 valence electrons. The molecule has 0 spiro atoms. The van der Waals surface area contributed by atoms with Crippen molar-refractivity contribution < 1.29 is 14.4 Å². The zero-order chi connectivity index (χ0) is 16.6. The minimum absolute atomic E-state index is 0.0639. The molecular weight excluding hydrogens is 290 g/mol. The molecule has 0 saturated carbocycles. The van der Waals surface area contributed by atoms with E-state index in [2.05, 4.69) is 18.7 Å². The molecule has 0 aliphatic carbocycles. The van der Waals surface area contributed by atoms with E-state index in [0.717, 1.165) is 49.6 Å². The van der Waals surface area contributed by atoms with Gasteiger partial charge in [0, 0.05) is 42.6 Å². The van der Waals surface area contributed by atoms with Gasteiger partial charge in [0.25, 0.3) is 0 Å². The Morgan fingerprint density at radius 3 is 2.57 bits per heavy atom. The summed E-state index contributed by atoms with van der Waals surface area (Å²) in [5, 5.41) is 0. The second-order valence-corrected chi connectivity index (χ2v) is 7.17. The van der Waals surface area contributed by atoms with Gasteiger partial charge in [0.15, 0.2) is 12.6 Å². The van der Waals surface area contributed by atoms with Crippen molar-refractivity contribution in [3.63, 3.8) is 0 Å². The molecule has 2 atom stereocenters. The first kappa shape index (κ1) is 16.1. The van der Waals surface area contributed by atoms with Crippen LogP contribution in [0.5, 0.6) is 0 Å². The minimum atomic E-state index is 0.0639. The third kappa shape index (κ3) is 3.00. The normalized spacial score (nSPS) is 24.2. The van der Waals surface area contributed by atoms with Gasteiger partial charge in [-0.2, -0.15) is 0 Å². The largest absolute Gasteiger partial charge is 0.299 e. The van der Waals surface area contributed by atoms with Gasteiger partial charge in [-0.05, 0) is 42.0 Å². The highest BCUT2D eigenvalue weighted by atomic mass is 16.1. The number of ketones is 1. The maximum atomic E-state index is 12.5. The predicted molar refractivity (Wildman–Crippen MR) is 87.8 cm³/mol. The molecule has 2 unspecified atom stereocenters. The average molecular weight is 313 g/mol. The first-order valence-corrected chi connectivity index (χ1v) is 8.37. The lowest BCUT2D eigenvalue weighted by Gasteiger charge is -2.43. The molecule has 0 bridgehead atoms. The Bertz CT molecular complexity index is 650. The number of carbonyl (C=O) groups excluding carboxylic acids is 3. The topological polar surface area (TPSA) is 54.5 Å². The van der Waals surface area contributed by atoms with Crippen LogP contribution in [0.2, 0.25) is 0 Å². The summed E-state index contributed by atoms with van der Waals surface area (Å²) in [6, 6.07) is 3.71. The number of aldehydes is 2. The van der Waals surface area contributed by atoms with Crippen LogP contribution < -0.4 is 0 Å². The Balaban J connectivity index is 1.91.